The van der Waals surface area contributed by atoms with E-state index in [9.17, 15) is 14.0 Å². The molecule has 27 heavy (non-hydrogen) atoms. The zero-order chi connectivity index (χ0) is 19.0. The van der Waals surface area contributed by atoms with Crippen molar-refractivity contribution in [2.75, 3.05) is 5.32 Å². The first-order valence-electron chi connectivity index (χ1n) is 8.60. The Morgan fingerprint density at radius 1 is 1.15 bits per heavy atom. The first-order chi connectivity index (χ1) is 13.0. The lowest BCUT2D eigenvalue weighted by Gasteiger charge is -2.14. The van der Waals surface area contributed by atoms with Crippen LogP contribution in [0.1, 0.15) is 44.9 Å². The second kappa shape index (κ2) is 6.96. The van der Waals surface area contributed by atoms with E-state index in [1.54, 1.807) is 28.3 Å². The summed E-state index contributed by atoms with van der Waals surface area (Å²) >= 11 is 1.23. The number of thiophene rings is 1. The molecule has 2 amide bonds. The van der Waals surface area contributed by atoms with E-state index in [4.69, 9.17) is 5.73 Å². The first kappa shape index (κ1) is 17.4. The van der Waals surface area contributed by atoms with E-state index in [1.807, 2.05) is 0 Å². The van der Waals surface area contributed by atoms with Gasteiger partial charge in [-0.3, -0.25) is 9.59 Å². The number of primary amides is 1. The number of benzene rings is 1. The number of nitrogens with zero attached hydrogens (tertiary/aromatic N) is 2. The van der Waals surface area contributed by atoms with Crippen LogP contribution in [-0.4, -0.2) is 21.6 Å². The Bertz CT molecular complexity index is 1020. The minimum atomic E-state index is -0.592. The Labute approximate surface area is 158 Å². The van der Waals surface area contributed by atoms with Crippen LogP contribution in [-0.2, 0) is 12.8 Å². The number of carbonyl (C=O) groups excluding carboxylic acids is 2. The fraction of sp³-hybridized carbons (Fsp3) is 0.211. The van der Waals surface area contributed by atoms with Gasteiger partial charge in [-0.25, -0.2) is 9.07 Å². The summed E-state index contributed by atoms with van der Waals surface area (Å²) < 4.78 is 15.0. The third kappa shape index (κ3) is 3.23. The number of halogens is 1. The molecule has 6 nitrogen and oxygen atoms in total. The minimum absolute atomic E-state index is 0.278. The zero-order valence-corrected chi connectivity index (χ0v) is 15.2. The molecule has 8 heteroatoms. The molecular formula is C19H17FN4O2S. The molecule has 0 bridgehead atoms. The summed E-state index contributed by atoms with van der Waals surface area (Å²) in [6.07, 6.45) is 3.55. The summed E-state index contributed by atoms with van der Waals surface area (Å²) in [6.45, 7) is 0. The standard InChI is InChI=1S/C19H17FN4O2S/c20-11-5-7-12(8-6-11)24-15-4-2-1-3-13(15)16(23-24)18(26)22-19-14(17(21)25)9-10-27-19/h5-10H,1-4H2,(H2,21,25)(H,22,26). The average molecular weight is 384 g/mol. The number of carbonyl (C=O) groups is 2. The van der Waals surface area contributed by atoms with Crippen molar-refractivity contribution in [2.45, 2.75) is 25.7 Å². The van der Waals surface area contributed by atoms with Crippen LogP contribution < -0.4 is 11.1 Å². The number of rotatable bonds is 4. The highest BCUT2D eigenvalue weighted by molar-refractivity contribution is 7.14. The number of hydrogen-bond acceptors (Lipinski definition) is 4. The predicted octanol–water partition coefficient (Wildman–Crippen LogP) is 3.30. The normalized spacial score (nSPS) is 13.2. The van der Waals surface area contributed by atoms with Crippen LogP contribution in [0, 0.1) is 5.82 Å². The minimum Gasteiger partial charge on any atom is -0.366 e. The highest BCUT2D eigenvalue weighted by Gasteiger charge is 2.26. The number of anilines is 1. The number of amides is 2. The molecule has 1 aromatic carbocycles. The van der Waals surface area contributed by atoms with Crippen molar-refractivity contribution in [3.05, 3.63) is 64.0 Å². The molecule has 4 rings (SSSR count). The summed E-state index contributed by atoms with van der Waals surface area (Å²) in [5.41, 5.74) is 8.54. The Morgan fingerprint density at radius 2 is 1.89 bits per heavy atom. The van der Waals surface area contributed by atoms with Crippen LogP contribution in [0.2, 0.25) is 0 Å². The Kier molecular flexibility index (Phi) is 4.49. The highest BCUT2D eigenvalue weighted by Crippen LogP contribution is 2.29. The van der Waals surface area contributed by atoms with Gasteiger partial charge in [0.1, 0.15) is 10.8 Å². The first-order valence-corrected chi connectivity index (χ1v) is 9.48. The largest absolute Gasteiger partial charge is 0.366 e. The van der Waals surface area contributed by atoms with E-state index in [1.165, 1.54) is 23.5 Å². The summed E-state index contributed by atoms with van der Waals surface area (Å²) in [7, 11) is 0. The Morgan fingerprint density at radius 3 is 2.63 bits per heavy atom. The van der Waals surface area contributed by atoms with E-state index in [-0.39, 0.29) is 17.3 Å². The zero-order valence-electron chi connectivity index (χ0n) is 14.4. The van der Waals surface area contributed by atoms with Crippen molar-refractivity contribution in [2.24, 2.45) is 5.73 Å². The summed E-state index contributed by atoms with van der Waals surface area (Å²) in [5.74, 6) is -1.29. The van der Waals surface area contributed by atoms with Gasteiger partial charge in [0, 0.05) is 11.3 Å². The molecule has 3 aromatic rings. The molecule has 0 saturated heterocycles. The number of fused-ring (bicyclic) bond motifs is 1. The third-order valence-electron chi connectivity index (χ3n) is 4.62. The van der Waals surface area contributed by atoms with Gasteiger partial charge in [-0.05, 0) is 61.4 Å². The number of nitrogens with two attached hydrogens (primary N) is 1. The second-order valence-electron chi connectivity index (χ2n) is 6.35. The molecule has 1 aliphatic carbocycles. The number of aromatic nitrogens is 2. The van der Waals surface area contributed by atoms with E-state index < -0.39 is 5.91 Å². The van der Waals surface area contributed by atoms with Gasteiger partial charge in [-0.15, -0.1) is 11.3 Å². The van der Waals surface area contributed by atoms with Gasteiger partial charge in [0.15, 0.2) is 5.69 Å². The van der Waals surface area contributed by atoms with Crippen LogP contribution in [0.5, 0.6) is 0 Å². The van der Waals surface area contributed by atoms with Gasteiger partial charge in [0.25, 0.3) is 11.8 Å². The molecule has 138 valence electrons. The van der Waals surface area contributed by atoms with Crippen LogP contribution in [0.25, 0.3) is 5.69 Å². The molecule has 0 aliphatic heterocycles. The molecule has 0 unspecified atom stereocenters. The fourth-order valence-corrected chi connectivity index (χ4v) is 4.13. The topological polar surface area (TPSA) is 90.0 Å². The quantitative estimate of drug-likeness (QED) is 0.723. The maximum atomic E-state index is 13.3. The van der Waals surface area contributed by atoms with Crippen molar-refractivity contribution >= 4 is 28.2 Å². The second-order valence-corrected chi connectivity index (χ2v) is 7.27. The van der Waals surface area contributed by atoms with Crippen LogP contribution in [0.4, 0.5) is 9.39 Å². The molecule has 3 N–H and O–H groups in total. The molecule has 0 radical (unpaired) electrons. The molecule has 2 heterocycles. The number of nitrogens with one attached hydrogen (secondary N) is 1. The van der Waals surface area contributed by atoms with E-state index in [2.05, 4.69) is 10.4 Å². The van der Waals surface area contributed by atoms with Crippen molar-refractivity contribution in [3.63, 3.8) is 0 Å². The van der Waals surface area contributed by atoms with Crippen LogP contribution in [0.15, 0.2) is 35.7 Å². The lowest BCUT2D eigenvalue weighted by atomic mass is 9.95. The molecule has 0 fully saturated rings. The van der Waals surface area contributed by atoms with Crippen molar-refractivity contribution in [3.8, 4) is 5.69 Å². The maximum absolute atomic E-state index is 13.3. The molecular weight excluding hydrogens is 367 g/mol. The average Bonchev–Trinajstić information content (AvgIpc) is 3.27. The molecule has 0 saturated carbocycles. The van der Waals surface area contributed by atoms with E-state index in [0.717, 1.165) is 36.9 Å². The fourth-order valence-electron chi connectivity index (χ4n) is 3.34. The smallest absolute Gasteiger partial charge is 0.277 e. The van der Waals surface area contributed by atoms with Crippen LogP contribution in [0.3, 0.4) is 0 Å². The summed E-state index contributed by atoms with van der Waals surface area (Å²) in [4.78, 5) is 24.3. The summed E-state index contributed by atoms with van der Waals surface area (Å²) in [5, 5.41) is 9.38. The van der Waals surface area contributed by atoms with E-state index in [0.29, 0.717) is 16.4 Å². The third-order valence-corrected chi connectivity index (χ3v) is 5.45. The van der Waals surface area contributed by atoms with Crippen molar-refractivity contribution in [1.82, 2.24) is 9.78 Å². The van der Waals surface area contributed by atoms with Gasteiger partial charge < -0.3 is 11.1 Å². The molecule has 1 aliphatic rings. The SMILES string of the molecule is NC(=O)c1ccsc1NC(=O)c1nn(-c2ccc(F)cc2)c2c1CCCC2. The Balaban J connectivity index is 1.72. The predicted molar refractivity (Wildman–Crippen MR) is 101 cm³/mol. The van der Waals surface area contributed by atoms with Gasteiger partial charge >= 0.3 is 0 Å². The monoisotopic (exact) mass is 384 g/mol. The molecule has 0 spiro atoms. The van der Waals surface area contributed by atoms with E-state index >= 15 is 0 Å². The highest BCUT2D eigenvalue weighted by atomic mass is 32.1. The molecule has 2 aromatic heterocycles. The van der Waals surface area contributed by atoms with Gasteiger partial charge in [0.05, 0.1) is 11.3 Å². The summed E-state index contributed by atoms with van der Waals surface area (Å²) in [6, 6.07) is 7.61. The van der Waals surface area contributed by atoms with Gasteiger partial charge in [0.2, 0.25) is 0 Å². The maximum Gasteiger partial charge on any atom is 0.277 e. The Hall–Kier alpha value is -3.00. The van der Waals surface area contributed by atoms with Gasteiger partial charge in [-0.2, -0.15) is 5.10 Å². The molecule has 0 atom stereocenters. The lowest BCUT2D eigenvalue weighted by Crippen LogP contribution is -2.18. The lowest BCUT2D eigenvalue weighted by molar-refractivity contribution is 0.100. The van der Waals surface area contributed by atoms with Gasteiger partial charge in [-0.1, -0.05) is 0 Å². The van der Waals surface area contributed by atoms with Crippen molar-refractivity contribution < 1.29 is 14.0 Å². The van der Waals surface area contributed by atoms with Crippen LogP contribution >= 0.6 is 11.3 Å². The number of hydrogen-bond donors (Lipinski definition) is 2. The van der Waals surface area contributed by atoms with Crippen molar-refractivity contribution in [1.29, 1.82) is 0 Å².